The van der Waals surface area contributed by atoms with Crippen LogP contribution in [0.15, 0.2) is 36.9 Å². The van der Waals surface area contributed by atoms with E-state index in [4.69, 9.17) is 0 Å². The second-order valence-electron chi connectivity index (χ2n) is 4.60. The first-order valence-corrected chi connectivity index (χ1v) is 6.07. The molecule has 1 heteroatoms. The van der Waals surface area contributed by atoms with Gasteiger partial charge in [-0.3, -0.25) is 0 Å². The van der Waals surface area contributed by atoms with E-state index in [0.717, 1.165) is 13.0 Å². The number of nitrogens with zero attached hydrogens (tertiary/aromatic N) is 1. The van der Waals surface area contributed by atoms with Gasteiger partial charge in [-0.15, -0.1) is 6.58 Å². The minimum atomic E-state index is 0.611. The number of hydrogen-bond donors (Lipinski definition) is 0. The van der Waals surface area contributed by atoms with Gasteiger partial charge in [0, 0.05) is 19.3 Å². The van der Waals surface area contributed by atoms with E-state index < -0.39 is 0 Å². The van der Waals surface area contributed by atoms with Crippen molar-refractivity contribution in [2.75, 3.05) is 18.5 Å². The van der Waals surface area contributed by atoms with E-state index in [9.17, 15) is 0 Å². The van der Waals surface area contributed by atoms with Crippen molar-refractivity contribution in [2.24, 2.45) is 0 Å². The van der Waals surface area contributed by atoms with Crippen molar-refractivity contribution >= 4 is 5.69 Å². The van der Waals surface area contributed by atoms with Crippen LogP contribution in [0.2, 0.25) is 0 Å². The van der Waals surface area contributed by atoms with Crippen LogP contribution in [0.1, 0.15) is 38.2 Å². The number of unbranched alkanes of at least 4 members (excludes halogenated alkanes) is 1. The Balaban J connectivity index is 2.55. The van der Waals surface area contributed by atoms with Crippen LogP contribution in [0.25, 0.3) is 0 Å². The Bertz CT molecular complexity index is 311. The van der Waals surface area contributed by atoms with Crippen LogP contribution >= 0.6 is 0 Å². The zero-order chi connectivity index (χ0) is 12.0. The maximum absolute atomic E-state index is 3.74. The molecule has 0 aliphatic carbocycles. The molecule has 1 aromatic carbocycles. The number of rotatable bonds is 6. The van der Waals surface area contributed by atoms with E-state index in [2.05, 4.69) is 56.6 Å². The Kier molecular flexibility index (Phi) is 5.10. The summed E-state index contributed by atoms with van der Waals surface area (Å²) in [5.41, 5.74) is 2.71. The van der Waals surface area contributed by atoms with Crippen molar-refractivity contribution in [1.82, 2.24) is 0 Å². The lowest BCUT2D eigenvalue weighted by Gasteiger charge is -2.19. The van der Waals surface area contributed by atoms with Crippen molar-refractivity contribution in [1.29, 1.82) is 0 Å². The standard InChI is InChI=1S/C15H23N/c1-5-6-7-12-16(4)15-10-8-14(9-11-15)13(2)3/h5,8-11,13H,1,6-7,12H2,2-4H3. The van der Waals surface area contributed by atoms with Gasteiger partial charge in [0.25, 0.3) is 0 Å². The number of allylic oxidation sites excluding steroid dienone is 1. The third-order valence-corrected chi connectivity index (χ3v) is 2.90. The molecular formula is C15H23N. The molecule has 0 heterocycles. The van der Waals surface area contributed by atoms with Crippen LogP contribution in [0, 0.1) is 0 Å². The summed E-state index contributed by atoms with van der Waals surface area (Å²) in [6.07, 6.45) is 4.25. The molecule has 1 nitrogen and oxygen atoms in total. The molecule has 0 N–H and O–H groups in total. The Hall–Kier alpha value is -1.24. The summed E-state index contributed by atoms with van der Waals surface area (Å²) in [6, 6.07) is 8.88. The lowest BCUT2D eigenvalue weighted by Crippen LogP contribution is -2.18. The van der Waals surface area contributed by atoms with E-state index in [1.807, 2.05) is 6.08 Å². The van der Waals surface area contributed by atoms with Crippen molar-refractivity contribution in [2.45, 2.75) is 32.6 Å². The summed E-state index contributed by atoms with van der Waals surface area (Å²) < 4.78 is 0. The molecule has 0 spiro atoms. The van der Waals surface area contributed by atoms with Gasteiger partial charge < -0.3 is 4.90 Å². The van der Waals surface area contributed by atoms with Gasteiger partial charge in [0.05, 0.1) is 0 Å². The average Bonchev–Trinajstić information content (AvgIpc) is 2.29. The molecule has 0 fully saturated rings. The summed E-state index contributed by atoms with van der Waals surface area (Å²) >= 11 is 0. The van der Waals surface area contributed by atoms with Crippen LogP contribution in [0.3, 0.4) is 0 Å². The van der Waals surface area contributed by atoms with Gasteiger partial charge in [0.15, 0.2) is 0 Å². The molecule has 1 rings (SSSR count). The van der Waals surface area contributed by atoms with Gasteiger partial charge in [-0.1, -0.05) is 32.1 Å². The van der Waals surface area contributed by atoms with Crippen molar-refractivity contribution in [3.8, 4) is 0 Å². The molecule has 0 radical (unpaired) electrons. The molecule has 0 unspecified atom stereocenters. The summed E-state index contributed by atoms with van der Waals surface area (Å²) in [7, 11) is 2.15. The highest BCUT2D eigenvalue weighted by molar-refractivity contribution is 5.47. The molecule has 0 amide bonds. The van der Waals surface area contributed by atoms with Crippen molar-refractivity contribution in [3.05, 3.63) is 42.5 Å². The fourth-order valence-corrected chi connectivity index (χ4v) is 1.72. The van der Waals surface area contributed by atoms with Crippen LogP contribution in [-0.2, 0) is 0 Å². The van der Waals surface area contributed by atoms with E-state index in [0.29, 0.717) is 5.92 Å². The van der Waals surface area contributed by atoms with Gasteiger partial charge in [-0.2, -0.15) is 0 Å². The zero-order valence-corrected chi connectivity index (χ0v) is 10.7. The van der Waals surface area contributed by atoms with Crippen LogP contribution in [0.5, 0.6) is 0 Å². The minimum Gasteiger partial charge on any atom is -0.375 e. The normalized spacial score (nSPS) is 10.5. The Morgan fingerprint density at radius 3 is 2.38 bits per heavy atom. The fourth-order valence-electron chi connectivity index (χ4n) is 1.72. The topological polar surface area (TPSA) is 3.24 Å². The Morgan fingerprint density at radius 1 is 1.25 bits per heavy atom. The molecule has 16 heavy (non-hydrogen) atoms. The van der Waals surface area contributed by atoms with Crippen molar-refractivity contribution < 1.29 is 0 Å². The second kappa shape index (κ2) is 6.37. The van der Waals surface area contributed by atoms with Gasteiger partial charge in [0.1, 0.15) is 0 Å². The molecule has 88 valence electrons. The second-order valence-corrected chi connectivity index (χ2v) is 4.60. The van der Waals surface area contributed by atoms with Crippen molar-refractivity contribution in [3.63, 3.8) is 0 Å². The molecule has 0 atom stereocenters. The quantitative estimate of drug-likeness (QED) is 0.509. The molecule has 0 aromatic heterocycles. The monoisotopic (exact) mass is 217 g/mol. The summed E-state index contributed by atoms with van der Waals surface area (Å²) in [5.74, 6) is 0.611. The number of benzene rings is 1. The minimum absolute atomic E-state index is 0.611. The molecule has 0 bridgehead atoms. The third-order valence-electron chi connectivity index (χ3n) is 2.90. The predicted octanol–water partition coefficient (Wildman–Crippen LogP) is 4.21. The summed E-state index contributed by atoms with van der Waals surface area (Å²) in [4.78, 5) is 2.30. The largest absolute Gasteiger partial charge is 0.375 e. The summed E-state index contributed by atoms with van der Waals surface area (Å²) in [6.45, 7) is 9.28. The van der Waals surface area contributed by atoms with Crippen LogP contribution < -0.4 is 4.90 Å². The smallest absolute Gasteiger partial charge is 0.0363 e. The average molecular weight is 217 g/mol. The molecule has 0 saturated carbocycles. The molecule has 0 aliphatic rings. The first-order chi connectivity index (χ1) is 7.65. The van der Waals surface area contributed by atoms with Crippen LogP contribution in [-0.4, -0.2) is 13.6 Å². The summed E-state index contributed by atoms with van der Waals surface area (Å²) in [5, 5.41) is 0. The molecule has 0 saturated heterocycles. The van der Waals surface area contributed by atoms with E-state index in [1.165, 1.54) is 17.7 Å². The highest BCUT2D eigenvalue weighted by Crippen LogP contribution is 2.19. The number of anilines is 1. The first-order valence-electron chi connectivity index (χ1n) is 6.07. The van der Waals surface area contributed by atoms with E-state index in [1.54, 1.807) is 0 Å². The Labute approximate surface area is 99.8 Å². The Morgan fingerprint density at radius 2 is 1.88 bits per heavy atom. The van der Waals surface area contributed by atoms with E-state index >= 15 is 0 Å². The number of hydrogen-bond acceptors (Lipinski definition) is 1. The maximum Gasteiger partial charge on any atom is 0.0363 e. The van der Waals surface area contributed by atoms with Gasteiger partial charge in [-0.25, -0.2) is 0 Å². The molecular weight excluding hydrogens is 194 g/mol. The fraction of sp³-hybridized carbons (Fsp3) is 0.467. The van der Waals surface area contributed by atoms with E-state index in [-0.39, 0.29) is 0 Å². The first kappa shape index (κ1) is 12.8. The highest BCUT2D eigenvalue weighted by Gasteiger charge is 2.02. The van der Waals surface area contributed by atoms with Gasteiger partial charge >= 0.3 is 0 Å². The van der Waals surface area contributed by atoms with Gasteiger partial charge in [-0.05, 0) is 36.5 Å². The third kappa shape index (κ3) is 3.73. The van der Waals surface area contributed by atoms with Gasteiger partial charge in [0.2, 0.25) is 0 Å². The highest BCUT2D eigenvalue weighted by atomic mass is 15.1. The lowest BCUT2D eigenvalue weighted by atomic mass is 10.0. The molecule has 0 aliphatic heterocycles. The maximum atomic E-state index is 3.74. The SMILES string of the molecule is C=CCCCN(C)c1ccc(C(C)C)cc1. The van der Waals surface area contributed by atoms with Crippen LogP contribution in [0.4, 0.5) is 5.69 Å². The predicted molar refractivity (Wildman–Crippen MR) is 73.2 cm³/mol. The molecule has 1 aromatic rings. The lowest BCUT2D eigenvalue weighted by molar-refractivity contribution is 0.800. The zero-order valence-electron chi connectivity index (χ0n) is 10.7.